The molecule has 0 saturated heterocycles. The lowest BCUT2D eigenvalue weighted by atomic mass is 10.1. The predicted molar refractivity (Wildman–Crippen MR) is 78.6 cm³/mol. The number of nitrogens with zero attached hydrogens (tertiary/aromatic N) is 1. The monoisotopic (exact) mass is 277 g/mol. The quantitative estimate of drug-likeness (QED) is 0.720. The number of ether oxygens (including phenoxy) is 1. The van der Waals surface area contributed by atoms with Crippen LogP contribution in [-0.2, 0) is 9.53 Å². The summed E-state index contributed by atoms with van der Waals surface area (Å²) < 4.78 is 4.63. The van der Waals surface area contributed by atoms with E-state index in [1.165, 1.54) is 7.11 Å². The molecule has 0 heterocycles. The smallest absolute Gasteiger partial charge is 0.307 e. The number of rotatable bonds is 7. The molecule has 20 heavy (non-hydrogen) atoms. The zero-order chi connectivity index (χ0) is 15.0. The van der Waals surface area contributed by atoms with Crippen molar-refractivity contribution in [2.24, 2.45) is 0 Å². The van der Waals surface area contributed by atoms with E-state index >= 15 is 0 Å². The van der Waals surface area contributed by atoms with Crippen LogP contribution in [-0.4, -0.2) is 37.0 Å². The zero-order valence-corrected chi connectivity index (χ0v) is 12.5. The Morgan fingerprint density at radius 3 is 2.60 bits per heavy atom. The number of esters is 1. The standard InChI is InChI=1S/C16H23NO3/c1-4-5-10-17(11-9-15(18)20-3)16(19)14-8-6-7-13(2)12-14/h6-8,12H,4-5,9-11H2,1-3H3. The molecule has 1 amide bonds. The number of methoxy groups -OCH3 is 1. The van der Waals surface area contributed by atoms with E-state index in [1.54, 1.807) is 4.90 Å². The summed E-state index contributed by atoms with van der Waals surface area (Å²) in [5.41, 5.74) is 1.73. The number of carbonyl (C=O) groups excluding carboxylic acids is 2. The molecular weight excluding hydrogens is 254 g/mol. The number of amides is 1. The van der Waals surface area contributed by atoms with Gasteiger partial charge in [-0.2, -0.15) is 0 Å². The number of benzene rings is 1. The van der Waals surface area contributed by atoms with Crippen LogP contribution in [0.1, 0.15) is 42.1 Å². The molecule has 0 atom stereocenters. The normalized spacial score (nSPS) is 10.2. The minimum absolute atomic E-state index is 0.0222. The molecule has 0 aliphatic carbocycles. The zero-order valence-electron chi connectivity index (χ0n) is 12.5. The third-order valence-electron chi connectivity index (χ3n) is 3.15. The predicted octanol–water partition coefficient (Wildman–Crippen LogP) is 2.80. The number of unbranched alkanes of at least 4 members (excludes halogenated alkanes) is 1. The maximum atomic E-state index is 12.5. The first kappa shape index (κ1) is 16.2. The van der Waals surface area contributed by atoms with Gasteiger partial charge in [0.25, 0.3) is 5.91 Å². The van der Waals surface area contributed by atoms with Gasteiger partial charge < -0.3 is 9.64 Å². The molecule has 1 aromatic rings. The summed E-state index contributed by atoms with van der Waals surface area (Å²) in [6, 6.07) is 7.52. The van der Waals surface area contributed by atoms with Crippen LogP contribution in [0.25, 0.3) is 0 Å². The molecular formula is C16H23NO3. The van der Waals surface area contributed by atoms with E-state index in [0.29, 0.717) is 18.7 Å². The number of hydrogen-bond acceptors (Lipinski definition) is 3. The molecule has 1 rings (SSSR count). The first-order valence-corrected chi connectivity index (χ1v) is 7.01. The van der Waals surface area contributed by atoms with Gasteiger partial charge in [0.15, 0.2) is 0 Å². The van der Waals surface area contributed by atoms with Crippen molar-refractivity contribution in [2.45, 2.75) is 33.1 Å². The van der Waals surface area contributed by atoms with E-state index in [-0.39, 0.29) is 18.3 Å². The van der Waals surface area contributed by atoms with Crippen LogP contribution in [0.5, 0.6) is 0 Å². The van der Waals surface area contributed by atoms with Gasteiger partial charge in [-0.15, -0.1) is 0 Å². The lowest BCUT2D eigenvalue weighted by Gasteiger charge is -2.22. The molecule has 0 radical (unpaired) electrons. The molecule has 0 bridgehead atoms. The van der Waals surface area contributed by atoms with Gasteiger partial charge in [-0.3, -0.25) is 9.59 Å². The summed E-state index contributed by atoms with van der Waals surface area (Å²) in [5, 5.41) is 0. The van der Waals surface area contributed by atoms with Crippen molar-refractivity contribution in [1.29, 1.82) is 0 Å². The average molecular weight is 277 g/mol. The van der Waals surface area contributed by atoms with Gasteiger partial charge in [0.1, 0.15) is 0 Å². The number of carbonyl (C=O) groups is 2. The second-order valence-electron chi connectivity index (χ2n) is 4.84. The summed E-state index contributed by atoms with van der Waals surface area (Å²) in [6.45, 7) is 5.11. The maximum absolute atomic E-state index is 12.5. The minimum Gasteiger partial charge on any atom is -0.469 e. The molecule has 0 spiro atoms. The molecule has 0 aromatic heterocycles. The van der Waals surface area contributed by atoms with Crippen LogP contribution in [0, 0.1) is 6.92 Å². The molecule has 0 fully saturated rings. The van der Waals surface area contributed by atoms with Crippen LogP contribution >= 0.6 is 0 Å². The second kappa shape index (κ2) is 8.35. The van der Waals surface area contributed by atoms with Crippen LogP contribution in [0.4, 0.5) is 0 Å². The van der Waals surface area contributed by atoms with E-state index in [9.17, 15) is 9.59 Å². The van der Waals surface area contributed by atoms with E-state index in [0.717, 1.165) is 18.4 Å². The van der Waals surface area contributed by atoms with Crippen LogP contribution < -0.4 is 0 Å². The SMILES string of the molecule is CCCCN(CCC(=O)OC)C(=O)c1cccc(C)c1. The highest BCUT2D eigenvalue weighted by atomic mass is 16.5. The fourth-order valence-electron chi connectivity index (χ4n) is 1.95. The molecule has 1 aromatic carbocycles. The van der Waals surface area contributed by atoms with Crippen molar-refractivity contribution in [2.75, 3.05) is 20.2 Å². The second-order valence-corrected chi connectivity index (χ2v) is 4.84. The summed E-state index contributed by atoms with van der Waals surface area (Å²) in [7, 11) is 1.36. The molecule has 4 heteroatoms. The van der Waals surface area contributed by atoms with Crippen molar-refractivity contribution in [1.82, 2.24) is 4.90 Å². The van der Waals surface area contributed by atoms with Gasteiger partial charge in [0.05, 0.1) is 13.5 Å². The summed E-state index contributed by atoms with van der Waals surface area (Å²) in [5.74, 6) is -0.311. The fourth-order valence-corrected chi connectivity index (χ4v) is 1.95. The highest BCUT2D eigenvalue weighted by Gasteiger charge is 2.16. The van der Waals surface area contributed by atoms with Crippen molar-refractivity contribution in [3.63, 3.8) is 0 Å². The van der Waals surface area contributed by atoms with Gasteiger partial charge in [-0.25, -0.2) is 0 Å². The van der Waals surface area contributed by atoms with Gasteiger partial charge >= 0.3 is 5.97 Å². The highest BCUT2D eigenvalue weighted by molar-refractivity contribution is 5.94. The van der Waals surface area contributed by atoms with Crippen LogP contribution in [0.2, 0.25) is 0 Å². The Kier molecular flexibility index (Phi) is 6.77. The number of hydrogen-bond donors (Lipinski definition) is 0. The Balaban J connectivity index is 2.75. The Labute approximate surface area is 120 Å². The van der Waals surface area contributed by atoms with Gasteiger partial charge in [0, 0.05) is 18.7 Å². The molecule has 0 saturated carbocycles. The third kappa shape index (κ3) is 5.03. The molecule has 0 unspecified atom stereocenters. The van der Waals surface area contributed by atoms with Gasteiger partial charge in [-0.1, -0.05) is 31.0 Å². The van der Waals surface area contributed by atoms with Gasteiger partial charge in [0.2, 0.25) is 0 Å². The largest absolute Gasteiger partial charge is 0.469 e. The maximum Gasteiger partial charge on any atom is 0.307 e. The van der Waals surface area contributed by atoms with Gasteiger partial charge in [-0.05, 0) is 25.5 Å². The Bertz CT molecular complexity index is 457. The Morgan fingerprint density at radius 2 is 2.00 bits per heavy atom. The molecule has 0 aliphatic heterocycles. The summed E-state index contributed by atoms with van der Waals surface area (Å²) in [6.07, 6.45) is 2.17. The molecule has 0 aliphatic rings. The van der Waals surface area contributed by atoms with Crippen molar-refractivity contribution in [3.8, 4) is 0 Å². The summed E-state index contributed by atoms with van der Waals surface area (Å²) >= 11 is 0. The average Bonchev–Trinajstić information content (AvgIpc) is 2.46. The molecule has 110 valence electrons. The van der Waals surface area contributed by atoms with E-state index in [1.807, 2.05) is 31.2 Å². The van der Waals surface area contributed by atoms with E-state index in [2.05, 4.69) is 11.7 Å². The lowest BCUT2D eigenvalue weighted by molar-refractivity contribution is -0.140. The van der Waals surface area contributed by atoms with Crippen molar-refractivity contribution in [3.05, 3.63) is 35.4 Å². The van der Waals surface area contributed by atoms with Crippen LogP contribution in [0.15, 0.2) is 24.3 Å². The molecule has 4 nitrogen and oxygen atoms in total. The number of aryl methyl sites for hydroxylation is 1. The topological polar surface area (TPSA) is 46.6 Å². The van der Waals surface area contributed by atoms with Crippen molar-refractivity contribution >= 4 is 11.9 Å². The van der Waals surface area contributed by atoms with E-state index < -0.39 is 0 Å². The van der Waals surface area contributed by atoms with Crippen molar-refractivity contribution < 1.29 is 14.3 Å². The Hall–Kier alpha value is -1.84. The first-order valence-electron chi connectivity index (χ1n) is 7.01. The fraction of sp³-hybridized carbons (Fsp3) is 0.500. The first-order chi connectivity index (χ1) is 9.58. The van der Waals surface area contributed by atoms with E-state index in [4.69, 9.17) is 0 Å². The summed E-state index contributed by atoms with van der Waals surface area (Å²) in [4.78, 5) is 25.5. The molecule has 0 N–H and O–H groups in total. The van der Waals surface area contributed by atoms with Crippen LogP contribution in [0.3, 0.4) is 0 Å². The minimum atomic E-state index is -0.288. The third-order valence-corrected chi connectivity index (χ3v) is 3.15. The lowest BCUT2D eigenvalue weighted by Crippen LogP contribution is -2.34. The Morgan fingerprint density at radius 1 is 1.25 bits per heavy atom. The highest BCUT2D eigenvalue weighted by Crippen LogP contribution is 2.09.